The lowest BCUT2D eigenvalue weighted by Gasteiger charge is -2.05. The van der Waals surface area contributed by atoms with Gasteiger partial charge in [0, 0.05) is 6.61 Å². The van der Waals surface area contributed by atoms with Crippen LogP contribution in [0.25, 0.3) is 0 Å². The molecule has 20 heavy (non-hydrogen) atoms. The minimum absolute atomic E-state index is 0.570. The van der Waals surface area contributed by atoms with Crippen molar-refractivity contribution in [1.82, 2.24) is 5.32 Å². The Balaban J connectivity index is 1.39. The molecule has 2 rings (SSSR count). The molecule has 2 aromatic rings. The first-order valence-corrected chi connectivity index (χ1v) is 7.30. The molecule has 1 aromatic heterocycles. The summed E-state index contributed by atoms with van der Waals surface area (Å²) in [5.74, 6) is 0.890. The minimum Gasteiger partial charge on any atom is -0.467 e. The van der Waals surface area contributed by atoms with E-state index in [2.05, 4.69) is 35.6 Å². The SMILES string of the molecule is c1ccc(CCCNCCCOCc2ccco2)cc1. The summed E-state index contributed by atoms with van der Waals surface area (Å²) in [4.78, 5) is 0. The molecule has 3 heteroatoms. The van der Waals surface area contributed by atoms with E-state index in [1.807, 2.05) is 12.1 Å². The van der Waals surface area contributed by atoms with Gasteiger partial charge in [-0.15, -0.1) is 0 Å². The summed E-state index contributed by atoms with van der Waals surface area (Å²) < 4.78 is 10.7. The van der Waals surface area contributed by atoms with Crippen LogP contribution in [0, 0.1) is 0 Å². The van der Waals surface area contributed by atoms with Crippen LogP contribution in [0.5, 0.6) is 0 Å². The van der Waals surface area contributed by atoms with Gasteiger partial charge in [0.2, 0.25) is 0 Å². The summed E-state index contributed by atoms with van der Waals surface area (Å²) >= 11 is 0. The topological polar surface area (TPSA) is 34.4 Å². The molecule has 0 aliphatic heterocycles. The molecule has 1 aromatic carbocycles. The van der Waals surface area contributed by atoms with Gasteiger partial charge < -0.3 is 14.5 Å². The van der Waals surface area contributed by atoms with Crippen molar-refractivity contribution in [1.29, 1.82) is 0 Å². The van der Waals surface area contributed by atoms with Crippen molar-refractivity contribution in [3.63, 3.8) is 0 Å². The summed E-state index contributed by atoms with van der Waals surface area (Å²) in [5, 5.41) is 3.45. The number of hydrogen-bond acceptors (Lipinski definition) is 3. The number of aryl methyl sites for hydroxylation is 1. The van der Waals surface area contributed by atoms with E-state index in [-0.39, 0.29) is 0 Å². The summed E-state index contributed by atoms with van der Waals surface area (Å²) in [6.45, 7) is 3.41. The van der Waals surface area contributed by atoms with E-state index in [1.54, 1.807) is 6.26 Å². The molecule has 0 aliphatic rings. The fourth-order valence-electron chi connectivity index (χ4n) is 2.05. The Labute approximate surface area is 121 Å². The highest BCUT2D eigenvalue weighted by atomic mass is 16.5. The van der Waals surface area contributed by atoms with Crippen molar-refractivity contribution >= 4 is 0 Å². The van der Waals surface area contributed by atoms with Crippen LogP contribution in [-0.4, -0.2) is 19.7 Å². The molecule has 0 amide bonds. The first-order valence-electron chi connectivity index (χ1n) is 7.30. The molecule has 0 unspecified atom stereocenters. The monoisotopic (exact) mass is 273 g/mol. The maximum atomic E-state index is 5.52. The van der Waals surface area contributed by atoms with Crippen LogP contribution in [0.3, 0.4) is 0 Å². The zero-order valence-electron chi connectivity index (χ0n) is 11.9. The molecule has 108 valence electrons. The highest BCUT2D eigenvalue weighted by molar-refractivity contribution is 5.14. The largest absolute Gasteiger partial charge is 0.467 e. The quantitative estimate of drug-likeness (QED) is 0.674. The summed E-state index contributed by atoms with van der Waals surface area (Å²) in [6, 6.07) is 14.4. The second kappa shape index (κ2) is 9.34. The van der Waals surface area contributed by atoms with E-state index in [1.165, 1.54) is 12.0 Å². The zero-order valence-corrected chi connectivity index (χ0v) is 11.9. The Morgan fingerprint density at radius 3 is 2.60 bits per heavy atom. The van der Waals surface area contributed by atoms with Gasteiger partial charge in [-0.05, 0) is 50.0 Å². The van der Waals surface area contributed by atoms with Crippen LogP contribution in [0.2, 0.25) is 0 Å². The van der Waals surface area contributed by atoms with Crippen molar-refractivity contribution < 1.29 is 9.15 Å². The third kappa shape index (κ3) is 6.04. The van der Waals surface area contributed by atoms with Crippen LogP contribution >= 0.6 is 0 Å². The maximum absolute atomic E-state index is 5.52. The van der Waals surface area contributed by atoms with Gasteiger partial charge in [-0.25, -0.2) is 0 Å². The second-order valence-corrected chi connectivity index (χ2v) is 4.82. The van der Waals surface area contributed by atoms with Gasteiger partial charge in [-0.1, -0.05) is 30.3 Å². The maximum Gasteiger partial charge on any atom is 0.129 e. The summed E-state index contributed by atoms with van der Waals surface area (Å²) in [7, 11) is 0. The Morgan fingerprint density at radius 2 is 1.80 bits per heavy atom. The van der Waals surface area contributed by atoms with E-state index in [0.717, 1.165) is 38.3 Å². The van der Waals surface area contributed by atoms with Crippen LogP contribution in [0.15, 0.2) is 53.1 Å². The lowest BCUT2D eigenvalue weighted by molar-refractivity contribution is 0.104. The molecule has 1 N–H and O–H groups in total. The number of nitrogens with one attached hydrogen (secondary N) is 1. The third-order valence-corrected chi connectivity index (χ3v) is 3.13. The molecule has 0 saturated carbocycles. The number of ether oxygens (including phenoxy) is 1. The van der Waals surface area contributed by atoms with E-state index in [0.29, 0.717) is 6.61 Å². The summed E-state index contributed by atoms with van der Waals surface area (Å²) in [6.07, 6.45) is 5.03. The lowest BCUT2D eigenvalue weighted by atomic mass is 10.1. The fourth-order valence-corrected chi connectivity index (χ4v) is 2.05. The standard InChI is InChI=1S/C17H23NO2/c1-2-7-16(8-3-1)9-4-11-18-12-6-13-19-15-17-10-5-14-20-17/h1-3,5,7-8,10,14,18H,4,6,9,11-13,15H2. The van der Waals surface area contributed by atoms with Crippen LogP contribution in [0.1, 0.15) is 24.2 Å². The molecular weight excluding hydrogens is 250 g/mol. The second-order valence-electron chi connectivity index (χ2n) is 4.82. The van der Waals surface area contributed by atoms with Crippen molar-refractivity contribution in [2.45, 2.75) is 25.9 Å². The number of rotatable bonds is 10. The molecule has 0 bridgehead atoms. The van der Waals surface area contributed by atoms with Gasteiger partial charge in [0.05, 0.1) is 6.26 Å². The molecule has 0 saturated heterocycles. The van der Waals surface area contributed by atoms with E-state index >= 15 is 0 Å². The Bertz CT molecular complexity index is 439. The Morgan fingerprint density at radius 1 is 0.950 bits per heavy atom. The molecule has 0 radical (unpaired) electrons. The summed E-state index contributed by atoms with van der Waals surface area (Å²) in [5.41, 5.74) is 1.41. The molecule has 1 heterocycles. The van der Waals surface area contributed by atoms with Crippen LogP contribution in [0.4, 0.5) is 0 Å². The Hall–Kier alpha value is -1.58. The van der Waals surface area contributed by atoms with Crippen molar-refractivity contribution in [2.75, 3.05) is 19.7 Å². The molecule has 0 aliphatic carbocycles. The van der Waals surface area contributed by atoms with Gasteiger partial charge >= 0.3 is 0 Å². The molecular formula is C17H23NO2. The smallest absolute Gasteiger partial charge is 0.129 e. The fraction of sp³-hybridized carbons (Fsp3) is 0.412. The van der Waals surface area contributed by atoms with E-state index in [9.17, 15) is 0 Å². The molecule has 3 nitrogen and oxygen atoms in total. The van der Waals surface area contributed by atoms with Crippen molar-refractivity contribution in [2.24, 2.45) is 0 Å². The van der Waals surface area contributed by atoms with Crippen LogP contribution < -0.4 is 5.32 Å². The predicted molar refractivity (Wildman–Crippen MR) is 80.6 cm³/mol. The van der Waals surface area contributed by atoms with Gasteiger partial charge in [0.15, 0.2) is 0 Å². The molecule has 0 spiro atoms. The molecule has 0 fully saturated rings. The van der Waals surface area contributed by atoms with Crippen molar-refractivity contribution in [3.8, 4) is 0 Å². The minimum atomic E-state index is 0.570. The van der Waals surface area contributed by atoms with Crippen molar-refractivity contribution in [3.05, 3.63) is 60.1 Å². The van der Waals surface area contributed by atoms with Crippen LogP contribution in [-0.2, 0) is 17.8 Å². The van der Waals surface area contributed by atoms with E-state index < -0.39 is 0 Å². The van der Waals surface area contributed by atoms with Gasteiger partial charge in [0.1, 0.15) is 12.4 Å². The van der Waals surface area contributed by atoms with Gasteiger partial charge in [-0.3, -0.25) is 0 Å². The zero-order chi connectivity index (χ0) is 13.9. The van der Waals surface area contributed by atoms with E-state index in [4.69, 9.17) is 9.15 Å². The molecule has 0 atom stereocenters. The number of furan rings is 1. The first-order chi connectivity index (χ1) is 9.95. The Kier molecular flexibility index (Phi) is 6.92. The lowest BCUT2D eigenvalue weighted by Crippen LogP contribution is -2.18. The number of benzene rings is 1. The average molecular weight is 273 g/mol. The highest BCUT2D eigenvalue weighted by Gasteiger charge is 1.95. The number of hydrogen-bond donors (Lipinski definition) is 1. The normalized spacial score (nSPS) is 10.8. The third-order valence-electron chi connectivity index (χ3n) is 3.13. The van der Waals surface area contributed by atoms with Gasteiger partial charge in [-0.2, -0.15) is 0 Å². The van der Waals surface area contributed by atoms with Gasteiger partial charge in [0.25, 0.3) is 0 Å². The first kappa shape index (κ1) is 14.8. The highest BCUT2D eigenvalue weighted by Crippen LogP contribution is 2.02. The average Bonchev–Trinajstić information content (AvgIpc) is 3.00. The predicted octanol–water partition coefficient (Wildman–Crippen LogP) is 3.41.